The van der Waals surface area contributed by atoms with Crippen LogP contribution in [0.25, 0.3) is 0 Å². The second kappa shape index (κ2) is 7.78. The van der Waals surface area contributed by atoms with E-state index in [1.165, 1.54) is 0 Å². The average molecular weight is 332 g/mol. The lowest BCUT2D eigenvalue weighted by molar-refractivity contribution is 0.114. The van der Waals surface area contributed by atoms with Gasteiger partial charge in [0.05, 0.1) is 22.4 Å². The molecule has 20 heavy (non-hydrogen) atoms. The molecule has 1 heterocycles. The molecule has 0 aliphatic carbocycles. The Morgan fingerprint density at radius 3 is 3.10 bits per heavy atom. The molecule has 0 radical (unpaired) electrons. The summed E-state index contributed by atoms with van der Waals surface area (Å²) in [4.78, 5) is 0. The lowest BCUT2D eigenvalue weighted by Crippen LogP contribution is -2.37. The fraction of sp³-hybridized carbons (Fsp3) is 0.385. The third-order valence-corrected chi connectivity index (χ3v) is 3.93. The Morgan fingerprint density at radius 2 is 2.35 bits per heavy atom. The topological polar surface area (TPSA) is 45.6 Å². The Bertz CT molecular complexity index is 504. The maximum atomic E-state index is 6.04. The van der Waals surface area contributed by atoms with E-state index < -0.39 is 0 Å². The first-order valence-corrected chi connectivity index (χ1v) is 7.46. The van der Waals surface area contributed by atoms with Crippen LogP contribution in [0, 0.1) is 0 Å². The molecule has 2 rings (SSSR count). The van der Waals surface area contributed by atoms with Crippen molar-refractivity contribution >= 4 is 46.7 Å². The van der Waals surface area contributed by atoms with E-state index in [1.54, 1.807) is 12.3 Å². The van der Waals surface area contributed by atoms with Crippen molar-refractivity contribution < 1.29 is 4.74 Å². The summed E-state index contributed by atoms with van der Waals surface area (Å²) >= 11 is 17.1. The lowest BCUT2D eigenvalue weighted by Gasteiger charge is -2.11. The fourth-order valence-corrected chi connectivity index (χ4v) is 2.32. The van der Waals surface area contributed by atoms with Gasteiger partial charge in [0.2, 0.25) is 0 Å². The van der Waals surface area contributed by atoms with Crippen LogP contribution in [-0.4, -0.2) is 30.6 Å². The zero-order valence-electron chi connectivity index (χ0n) is 10.7. The molecule has 0 bridgehead atoms. The van der Waals surface area contributed by atoms with Crippen molar-refractivity contribution in [1.29, 1.82) is 0 Å². The Balaban J connectivity index is 1.77. The van der Waals surface area contributed by atoms with Crippen LogP contribution in [0.5, 0.6) is 0 Å². The van der Waals surface area contributed by atoms with Crippen LogP contribution in [-0.2, 0) is 4.74 Å². The van der Waals surface area contributed by atoms with Crippen LogP contribution in [0.2, 0.25) is 10.0 Å². The predicted molar refractivity (Wildman–Crippen MR) is 86.8 cm³/mol. The molecule has 1 aromatic carbocycles. The first kappa shape index (κ1) is 15.5. The normalized spacial score (nSPS) is 18.4. The summed E-state index contributed by atoms with van der Waals surface area (Å²) in [5, 5.41) is 8.50. The molecule has 0 aromatic heterocycles. The van der Waals surface area contributed by atoms with Crippen molar-refractivity contribution in [2.75, 3.05) is 13.2 Å². The summed E-state index contributed by atoms with van der Waals surface area (Å²) in [6.45, 7) is 1.53. The molecule has 0 unspecified atom stereocenters. The minimum atomic E-state index is 0.237. The van der Waals surface area contributed by atoms with Gasteiger partial charge in [0.15, 0.2) is 5.11 Å². The molecule has 7 heteroatoms. The number of hydrogen-bond acceptors (Lipinski definition) is 3. The SMILES string of the molecule is S=C(NC[C@@H]1CCCO1)N/N=C\c1cccc(Cl)c1Cl. The smallest absolute Gasteiger partial charge is 0.187 e. The second-order valence-electron chi connectivity index (χ2n) is 4.36. The minimum Gasteiger partial charge on any atom is -0.376 e. The van der Waals surface area contributed by atoms with E-state index in [-0.39, 0.29) is 6.10 Å². The van der Waals surface area contributed by atoms with Gasteiger partial charge in [-0.15, -0.1) is 0 Å². The number of hydrazone groups is 1. The molecule has 0 spiro atoms. The summed E-state index contributed by atoms with van der Waals surface area (Å²) in [5.74, 6) is 0. The molecule has 1 aromatic rings. The summed E-state index contributed by atoms with van der Waals surface area (Å²) in [5.41, 5.74) is 3.46. The van der Waals surface area contributed by atoms with Crippen molar-refractivity contribution in [3.63, 3.8) is 0 Å². The maximum Gasteiger partial charge on any atom is 0.187 e. The predicted octanol–water partition coefficient (Wildman–Crippen LogP) is 2.97. The molecule has 2 N–H and O–H groups in total. The summed E-state index contributed by atoms with van der Waals surface area (Å²) in [7, 11) is 0. The molecule has 108 valence electrons. The number of rotatable bonds is 4. The van der Waals surface area contributed by atoms with Gasteiger partial charge in [-0.3, -0.25) is 5.43 Å². The van der Waals surface area contributed by atoms with Gasteiger partial charge in [0.1, 0.15) is 0 Å². The van der Waals surface area contributed by atoms with Crippen LogP contribution in [0.3, 0.4) is 0 Å². The molecule has 1 fully saturated rings. The van der Waals surface area contributed by atoms with E-state index in [0.717, 1.165) is 25.0 Å². The van der Waals surface area contributed by atoms with E-state index in [4.69, 9.17) is 40.2 Å². The van der Waals surface area contributed by atoms with Crippen molar-refractivity contribution in [2.24, 2.45) is 5.10 Å². The Labute approximate surface area is 133 Å². The highest BCUT2D eigenvalue weighted by Gasteiger charge is 2.14. The summed E-state index contributed by atoms with van der Waals surface area (Å²) in [6.07, 6.45) is 3.99. The molecule has 0 amide bonds. The van der Waals surface area contributed by atoms with E-state index in [2.05, 4.69) is 15.8 Å². The van der Waals surface area contributed by atoms with E-state index >= 15 is 0 Å². The summed E-state index contributed by atoms with van der Waals surface area (Å²) < 4.78 is 5.49. The van der Waals surface area contributed by atoms with Gasteiger partial charge in [-0.25, -0.2) is 0 Å². The van der Waals surface area contributed by atoms with Gasteiger partial charge in [0.25, 0.3) is 0 Å². The minimum absolute atomic E-state index is 0.237. The molecule has 0 saturated carbocycles. The number of ether oxygens (including phenoxy) is 1. The molecule has 1 atom stereocenters. The van der Waals surface area contributed by atoms with Gasteiger partial charge < -0.3 is 10.1 Å². The molecule has 1 saturated heterocycles. The van der Waals surface area contributed by atoms with E-state index in [1.807, 2.05) is 12.1 Å². The number of halogens is 2. The van der Waals surface area contributed by atoms with Crippen molar-refractivity contribution in [2.45, 2.75) is 18.9 Å². The number of nitrogens with one attached hydrogen (secondary N) is 2. The maximum absolute atomic E-state index is 6.04. The first-order valence-electron chi connectivity index (χ1n) is 6.29. The zero-order chi connectivity index (χ0) is 14.4. The molecule has 1 aliphatic heterocycles. The standard InChI is InChI=1S/C13H15Cl2N3OS/c14-11-5-1-3-9(12(11)15)7-17-18-13(20)16-8-10-4-2-6-19-10/h1,3,5,7,10H,2,4,6,8H2,(H2,16,18,20)/b17-7-/t10-/m0/s1. The highest BCUT2D eigenvalue weighted by molar-refractivity contribution is 7.80. The van der Waals surface area contributed by atoms with E-state index in [0.29, 0.717) is 21.7 Å². The van der Waals surface area contributed by atoms with Crippen molar-refractivity contribution in [3.05, 3.63) is 33.8 Å². The van der Waals surface area contributed by atoms with E-state index in [9.17, 15) is 0 Å². The van der Waals surface area contributed by atoms with Gasteiger partial charge in [-0.05, 0) is 31.1 Å². The fourth-order valence-electron chi connectivity index (χ4n) is 1.83. The molecular weight excluding hydrogens is 317 g/mol. The monoisotopic (exact) mass is 331 g/mol. The average Bonchev–Trinajstić information content (AvgIpc) is 2.94. The largest absolute Gasteiger partial charge is 0.376 e. The van der Waals surface area contributed by atoms with Crippen LogP contribution < -0.4 is 10.7 Å². The van der Waals surface area contributed by atoms with Crippen LogP contribution >= 0.6 is 35.4 Å². The van der Waals surface area contributed by atoms with Crippen molar-refractivity contribution in [1.82, 2.24) is 10.7 Å². The third-order valence-electron chi connectivity index (χ3n) is 2.87. The molecule has 4 nitrogen and oxygen atoms in total. The Kier molecular flexibility index (Phi) is 6.04. The lowest BCUT2D eigenvalue weighted by atomic mass is 10.2. The Hall–Kier alpha value is -0.880. The van der Waals surface area contributed by atoms with Gasteiger partial charge in [-0.1, -0.05) is 35.3 Å². The van der Waals surface area contributed by atoms with Crippen LogP contribution in [0.15, 0.2) is 23.3 Å². The van der Waals surface area contributed by atoms with Gasteiger partial charge in [-0.2, -0.15) is 5.10 Å². The molecule has 1 aliphatic rings. The van der Waals surface area contributed by atoms with Crippen molar-refractivity contribution in [3.8, 4) is 0 Å². The Morgan fingerprint density at radius 1 is 1.50 bits per heavy atom. The number of thiocarbonyl (C=S) groups is 1. The quantitative estimate of drug-likeness (QED) is 0.506. The van der Waals surface area contributed by atoms with Gasteiger partial charge in [0, 0.05) is 18.7 Å². The number of hydrogen-bond donors (Lipinski definition) is 2. The highest BCUT2D eigenvalue weighted by Crippen LogP contribution is 2.24. The third kappa shape index (κ3) is 4.59. The van der Waals surface area contributed by atoms with Crippen LogP contribution in [0.4, 0.5) is 0 Å². The molecular formula is C13H15Cl2N3OS. The van der Waals surface area contributed by atoms with Crippen LogP contribution in [0.1, 0.15) is 18.4 Å². The number of nitrogens with zero attached hydrogens (tertiary/aromatic N) is 1. The second-order valence-corrected chi connectivity index (χ2v) is 5.55. The highest BCUT2D eigenvalue weighted by atomic mass is 35.5. The first-order chi connectivity index (χ1) is 9.66. The zero-order valence-corrected chi connectivity index (χ0v) is 13.1. The van der Waals surface area contributed by atoms with Gasteiger partial charge >= 0.3 is 0 Å². The number of benzene rings is 1. The summed E-state index contributed by atoms with van der Waals surface area (Å²) in [6, 6.07) is 5.36.